The predicted octanol–water partition coefficient (Wildman–Crippen LogP) is 2.22. The molecule has 0 aliphatic rings. The van der Waals surface area contributed by atoms with Gasteiger partial charge in [0.05, 0.1) is 11.6 Å². The van der Waals surface area contributed by atoms with Crippen molar-refractivity contribution in [2.75, 3.05) is 0 Å². The summed E-state index contributed by atoms with van der Waals surface area (Å²) in [5.41, 5.74) is 2.42. The number of carbonyl (C=O) groups is 1. The van der Waals surface area contributed by atoms with Crippen molar-refractivity contribution in [3.05, 3.63) is 41.0 Å². The molecule has 1 N–H and O–H groups in total. The van der Waals surface area contributed by atoms with Crippen LogP contribution in [0.25, 0.3) is 6.08 Å². The Kier molecular flexibility index (Phi) is 3.64. The maximum absolute atomic E-state index is 10.4. The highest BCUT2D eigenvalue weighted by atomic mass is 16.4. The molecule has 0 bridgehead atoms. The molecule has 0 radical (unpaired) electrons. The van der Waals surface area contributed by atoms with E-state index < -0.39 is 5.97 Å². The van der Waals surface area contributed by atoms with Gasteiger partial charge in [0.2, 0.25) is 0 Å². The van der Waals surface area contributed by atoms with Crippen molar-refractivity contribution in [2.24, 2.45) is 0 Å². The summed E-state index contributed by atoms with van der Waals surface area (Å²) in [6.07, 6.45) is 3.41. The van der Waals surface area contributed by atoms with Crippen LogP contribution in [0.5, 0.6) is 0 Å². The van der Waals surface area contributed by atoms with E-state index in [9.17, 15) is 4.79 Å². The zero-order chi connectivity index (χ0) is 11.3. The molecule has 0 heterocycles. The van der Waals surface area contributed by atoms with Crippen molar-refractivity contribution in [3.8, 4) is 6.07 Å². The maximum Gasteiger partial charge on any atom is 0.328 e. The molecule has 3 nitrogen and oxygen atoms in total. The molecule has 15 heavy (non-hydrogen) atoms. The third-order valence-electron chi connectivity index (χ3n) is 2.06. The Labute approximate surface area is 88.3 Å². The van der Waals surface area contributed by atoms with Crippen molar-refractivity contribution in [3.63, 3.8) is 0 Å². The van der Waals surface area contributed by atoms with Crippen LogP contribution < -0.4 is 0 Å². The summed E-state index contributed by atoms with van der Waals surface area (Å²) in [6, 6.07) is 7.27. The van der Waals surface area contributed by atoms with Gasteiger partial charge >= 0.3 is 5.97 Å². The minimum Gasteiger partial charge on any atom is -0.478 e. The molecule has 76 valence electrons. The highest BCUT2D eigenvalue weighted by molar-refractivity contribution is 5.85. The highest BCUT2D eigenvalue weighted by Crippen LogP contribution is 2.14. The molecule has 0 aromatic heterocycles. The van der Waals surface area contributed by atoms with Gasteiger partial charge in [-0.2, -0.15) is 5.26 Å². The van der Waals surface area contributed by atoms with Crippen molar-refractivity contribution < 1.29 is 9.90 Å². The fourth-order valence-corrected chi connectivity index (χ4v) is 1.31. The van der Waals surface area contributed by atoms with Gasteiger partial charge in [-0.05, 0) is 35.8 Å². The van der Waals surface area contributed by atoms with Crippen LogP contribution in [0.2, 0.25) is 0 Å². The lowest BCUT2D eigenvalue weighted by molar-refractivity contribution is -0.131. The SMILES string of the molecule is CCc1cc(C#N)ccc1C=CC(=O)O. The Morgan fingerprint density at radius 1 is 1.60 bits per heavy atom. The number of benzene rings is 1. The normalized spacial score (nSPS) is 10.1. The Morgan fingerprint density at radius 2 is 2.33 bits per heavy atom. The van der Waals surface area contributed by atoms with Crippen LogP contribution in [0, 0.1) is 11.3 Å². The second-order valence-corrected chi connectivity index (χ2v) is 3.05. The average molecular weight is 201 g/mol. The zero-order valence-corrected chi connectivity index (χ0v) is 8.40. The van der Waals surface area contributed by atoms with E-state index in [1.54, 1.807) is 24.3 Å². The first-order chi connectivity index (χ1) is 7.17. The van der Waals surface area contributed by atoms with E-state index >= 15 is 0 Å². The molecule has 0 amide bonds. The molecule has 0 aliphatic carbocycles. The van der Waals surface area contributed by atoms with Gasteiger partial charge in [0.25, 0.3) is 0 Å². The smallest absolute Gasteiger partial charge is 0.328 e. The summed E-state index contributed by atoms with van der Waals surface area (Å²) < 4.78 is 0. The molecule has 0 fully saturated rings. The van der Waals surface area contributed by atoms with Crippen molar-refractivity contribution >= 4 is 12.0 Å². The summed E-state index contributed by atoms with van der Waals surface area (Å²) in [5, 5.41) is 17.2. The largest absolute Gasteiger partial charge is 0.478 e. The lowest BCUT2D eigenvalue weighted by Gasteiger charge is -2.02. The van der Waals surface area contributed by atoms with Crippen LogP contribution in [0.1, 0.15) is 23.6 Å². The van der Waals surface area contributed by atoms with Crippen LogP contribution in [0.15, 0.2) is 24.3 Å². The van der Waals surface area contributed by atoms with Gasteiger partial charge in [-0.15, -0.1) is 0 Å². The van der Waals surface area contributed by atoms with Gasteiger partial charge in [-0.25, -0.2) is 4.79 Å². The van der Waals surface area contributed by atoms with E-state index in [2.05, 4.69) is 6.07 Å². The van der Waals surface area contributed by atoms with Crippen molar-refractivity contribution in [1.82, 2.24) is 0 Å². The summed E-state index contributed by atoms with van der Waals surface area (Å²) in [5.74, 6) is -0.971. The average Bonchev–Trinajstić information content (AvgIpc) is 2.25. The van der Waals surface area contributed by atoms with Gasteiger partial charge in [-0.1, -0.05) is 13.0 Å². The number of carboxylic acid groups (broad SMARTS) is 1. The van der Waals surface area contributed by atoms with E-state index in [1.807, 2.05) is 6.92 Å². The van der Waals surface area contributed by atoms with E-state index in [-0.39, 0.29) is 0 Å². The van der Waals surface area contributed by atoms with Crippen molar-refractivity contribution in [2.45, 2.75) is 13.3 Å². The first kappa shape index (κ1) is 11.0. The topological polar surface area (TPSA) is 61.1 Å². The highest BCUT2D eigenvalue weighted by Gasteiger charge is 1.99. The summed E-state index contributed by atoms with van der Waals surface area (Å²) in [6.45, 7) is 1.97. The number of aryl methyl sites for hydroxylation is 1. The number of aliphatic carboxylic acids is 1. The minimum absolute atomic E-state index is 0.597. The van der Waals surface area contributed by atoms with Crippen LogP contribution in [0.4, 0.5) is 0 Å². The van der Waals surface area contributed by atoms with Crippen LogP contribution in [0.3, 0.4) is 0 Å². The summed E-state index contributed by atoms with van der Waals surface area (Å²) in [7, 11) is 0. The van der Waals surface area contributed by atoms with E-state index in [1.165, 1.54) is 0 Å². The minimum atomic E-state index is -0.971. The predicted molar refractivity (Wildman–Crippen MR) is 57.2 cm³/mol. The Bertz CT molecular complexity index is 441. The number of carboxylic acids is 1. The number of rotatable bonds is 3. The summed E-state index contributed by atoms with van der Waals surface area (Å²) in [4.78, 5) is 10.4. The lowest BCUT2D eigenvalue weighted by atomic mass is 10.0. The molecule has 0 saturated carbocycles. The number of nitrogens with zero attached hydrogens (tertiary/aromatic N) is 1. The van der Waals surface area contributed by atoms with E-state index in [0.717, 1.165) is 23.6 Å². The number of nitriles is 1. The van der Waals surface area contributed by atoms with Gasteiger partial charge in [0, 0.05) is 6.08 Å². The van der Waals surface area contributed by atoms with Crippen LogP contribution >= 0.6 is 0 Å². The Morgan fingerprint density at radius 3 is 2.87 bits per heavy atom. The monoisotopic (exact) mass is 201 g/mol. The van der Waals surface area contributed by atoms with Gasteiger partial charge in [0.1, 0.15) is 0 Å². The van der Waals surface area contributed by atoms with E-state index in [0.29, 0.717) is 5.56 Å². The molecule has 0 aliphatic heterocycles. The third kappa shape index (κ3) is 2.96. The quantitative estimate of drug-likeness (QED) is 0.762. The molecule has 3 heteroatoms. The van der Waals surface area contributed by atoms with Gasteiger partial charge < -0.3 is 5.11 Å². The number of hydrogen-bond acceptors (Lipinski definition) is 2. The molecule has 1 aromatic carbocycles. The zero-order valence-electron chi connectivity index (χ0n) is 8.40. The molecule has 0 saturated heterocycles. The van der Waals surface area contributed by atoms with Gasteiger partial charge in [0.15, 0.2) is 0 Å². The van der Waals surface area contributed by atoms with Crippen LogP contribution in [-0.4, -0.2) is 11.1 Å². The first-order valence-electron chi connectivity index (χ1n) is 4.61. The van der Waals surface area contributed by atoms with Crippen molar-refractivity contribution in [1.29, 1.82) is 5.26 Å². The fraction of sp³-hybridized carbons (Fsp3) is 0.167. The summed E-state index contributed by atoms with van der Waals surface area (Å²) >= 11 is 0. The fourth-order valence-electron chi connectivity index (χ4n) is 1.31. The molecule has 0 spiro atoms. The lowest BCUT2D eigenvalue weighted by Crippen LogP contribution is -1.90. The first-order valence-corrected chi connectivity index (χ1v) is 4.61. The van der Waals surface area contributed by atoms with Gasteiger partial charge in [-0.3, -0.25) is 0 Å². The molecular formula is C12H11NO2. The molecule has 1 aromatic rings. The van der Waals surface area contributed by atoms with E-state index in [4.69, 9.17) is 10.4 Å². The molecule has 0 unspecified atom stereocenters. The maximum atomic E-state index is 10.4. The standard InChI is InChI=1S/C12H11NO2/c1-2-10-7-9(8-13)3-4-11(10)5-6-12(14)15/h3-7H,2H2,1H3,(H,14,15). The third-order valence-corrected chi connectivity index (χ3v) is 2.06. The Hall–Kier alpha value is -2.08. The second kappa shape index (κ2) is 4.97. The Balaban J connectivity index is 3.09. The molecule has 0 atom stereocenters. The molecular weight excluding hydrogens is 190 g/mol. The molecule has 1 rings (SSSR count). The second-order valence-electron chi connectivity index (χ2n) is 3.05. The van der Waals surface area contributed by atoms with Crippen LogP contribution in [-0.2, 0) is 11.2 Å². The number of hydrogen-bond donors (Lipinski definition) is 1.